The van der Waals surface area contributed by atoms with Crippen molar-refractivity contribution in [2.24, 2.45) is 12.2 Å². The van der Waals surface area contributed by atoms with Crippen LogP contribution in [0.3, 0.4) is 0 Å². The van der Waals surface area contributed by atoms with E-state index >= 15 is 0 Å². The highest BCUT2D eigenvalue weighted by Gasteiger charge is 2.14. The zero-order valence-corrected chi connectivity index (χ0v) is 17.7. The Morgan fingerprint density at radius 1 is 1.07 bits per heavy atom. The molecule has 0 aliphatic heterocycles. The van der Waals surface area contributed by atoms with Gasteiger partial charge in [-0.2, -0.15) is 14.8 Å². The zero-order valence-electron chi connectivity index (χ0n) is 16.9. The highest BCUT2D eigenvalue weighted by molar-refractivity contribution is 7.99. The minimum absolute atomic E-state index is 0.192. The van der Waals surface area contributed by atoms with Crippen LogP contribution in [0.25, 0.3) is 16.9 Å². The summed E-state index contributed by atoms with van der Waals surface area (Å²) in [6.45, 7) is 3.91. The average molecular weight is 420 g/mol. The van der Waals surface area contributed by atoms with Crippen LogP contribution in [-0.2, 0) is 7.05 Å². The standard InChI is InChI=1S/C21H21N7OS/c1-14(26-29)16-6-4-8-18(10-16)20-12-23-28(25-20)19-9-5-7-17(11-19)15(2)30-21-24-22-13-27(21)3/h4-15H,1-3H3/t14?,15-/m0/s1. The van der Waals surface area contributed by atoms with Crippen LogP contribution in [-0.4, -0.2) is 29.8 Å². The van der Waals surface area contributed by atoms with Gasteiger partial charge in [0, 0.05) is 17.9 Å². The van der Waals surface area contributed by atoms with Gasteiger partial charge in [-0.1, -0.05) is 47.3 Å². The molecule has 2 aromatic heterocycles. The number of aryl methyl sites for hydroxylation is 1. The Morgan fingerprint density at radius 3 is 2.63 bits per heavy atom. The zero-order chi connectivity index (χ0) is 21.1. The Balaban J connectivity index is 1.57. The summed E-state index contributed by atoms with van der Waals surface area (Å²) in [7, 11) is 1.93. The largest absolute Gasteiger partial charge is 0.312 e. The molecular weight excluding hydrogens is 398 g/mol. The van der Waals surface area contributed by atoms with Crippen LogP contribution in [0.1, 0.15) is 36.3 Å². The van der Waals surface area contributed by atoms with E-state index in [0.717, 1.165) is 33.2 Å². The van der Waals surface area contributed by atoms with E-state index in [1.807, 2.05) is 48.0 Å². The van der Waals surface area contributed by atoms with Crippen molar-refractivity contribution in [1.29, 1.82) is 0 Å². The molecule has 0 aliphatic carbocycles. The lowest BCUT2D eigenvalue weighted by Crippen LogP contribution is -2.01. The van der Waals surface area contributed by atoms with Crippen molar-refractivity contribution in [3.05, 3.63) is 77.1 Å². The predicted octanol–water partition coefficient (Wildman–Crippen LogP) is 4.74. The fourth-order valence-corrected chi connectivity index (χ4v) is 3.95. The first-order valence-corrected chi connectivity index (χ1v) is 10.4. The van der Waals surface area contributed by atoms with Crippen molar-refractivity contribution in [3.63, 3.8) is 0 Å². The van der Waals surface area contributed by atoms with E-state index in [2.05, 4.69) is 44.6 Å². The SMILES string of the molecule is CC(N=O)c1cccc(-c2cnn(-c3cccc([C@H](C)Sc4nncn4C)c3)n2)c1. The maximum absolute atomic E-state index is 10.9. The molecule has 9 heteroatoms. The highest BCUT2D eigenvalue weighted by Crippen LogP contribution is 2.34. The Labute approximate surface area is 178 Å². The molecule has 0 saturated carbocycles. The summed E-state index contributed by atoms with van der Waals surface area (Å²) in [5.41, 5.74) is 4.52. The fourth-order valence-electron chi connectivity index (χ4n) is 3.05. The number of rotatable bonds is 7. The summed E-state index contributed by atoms with van der Waals surface area (Å²) in [6.07, 6.45) is 3.42. The molecule has 152 valence electrons. The predicted molar refractivity (Wildman–Crippen MR) is 116 cm³/mol. The van der Waals surface area contributed by atoms with Crippen molar-refractivity contribution in [1.82, 2.24) is 29.8 Å². The number of nitroso groups, excluding NO2 is 1. The van der Waals surface area contributed by atoms with Crippen molar-refractivity contribution in [3.8, 4) is 16.9 Å². The minimum atomic E-state index is -0.399. The molecule has 0 aliphatic rings. The first-order chi connectivity index (χ1) is 14.5. The Hall–Kier alpha value is -3.33. The second-order valence-electron chi connectivity index (χ2n) is 7.01. The third-order valence-electron chi connectivity index (χ3n) is 4.84. The van der Waals surface area contributed by atoms with E-state index in [4.69, 9.17) is 0 Å². The third kappa shape index (κ3) is 4.16. The first kappa shape index (κ1) is 20.0. The van der Waals surface area contributed by atoms with Crippen molar-refractivity contribution in [2.75, 3.05) is 0 Å². The fraction of sp³-hybridized carbons (Fsp3) is 0.238. The Bertz CT molecular complexity index is 1170. The van der Waals surface area contributed by atoms with Crippen LogP contribution in [0.5, 0.6) is 0 Å². The van der Waals surface area contributed by atoms with Gasteiger partial charge in [0.2, 0.25) is 0 Å². The molecule has 4 aromatic rings. The van der Waals surface area contributed by atoms with Crippen molar-refractivity contribution >= 4 is 11.8 Å². The topological polar surface area (TPSA) is 90.9 Å². The lowest BCUT2D eigenvalue weighted by molar-refractivity contribution is 0.751. The Morgan fingerprint density at radius 2 is 1.87 bits per heavy atom. The second kappa shape index (κ2) is 8.58. The van der Waals surface area contributed by atoms with E-state index in [-0.39, 0.29) is 5.25 Å². The molecule has 2 aromatic carbocycles. The van der Waals surface area contributed by atoms with Gasteiger partial charge in [0.1, 0.15) is 18.1 Å². The minimum Gasteiger partial charge on any atom is -0.312 e. The molecule has 0 spiro atoms. The highest BCUT2D eigenvalue weighted by atomic mass is 32.2. The molecule has 0 fully saturated rings. The van der Waals surface area contributed by atoms with Gasteiger partial charge in [-0.05, 0) is 43.2 Å². The van der Waals surface area contributed by atoms with Gasteiger partial charge in [-0.15, -0.1) is 15.3 Å². The first-order valence-electron chi connectivity index (χ1n) is 9.51. The molecule has 0 radical (unpaired) electrons. The van der Waals surface area contributed by atoms with Crippen molar-refractivity contribution in [2.45, 2.75) is 30.3 Å². The third-order valence-corrected chi connectivity index (χ3v) is 6.04. The van der Waals surface area contributed by atoms with E-state index < -0.39 is 6.04 Å². The number of hydrogen-bond acceptors (Lipinski definition) is 7. The summed E-state index contributed by atoms with van der Waals surface area (Å²) in [4.78, 5) is 12.5. The van der Waals surface area contributed by atoms with E-state index in [0.29, 0.717) is 0 Å². The maximum atomic E-state index is 10.9. The van der Waals surface area contributed by atoms with Crippen LogP contribution >= 0.6 is 11.8 Å². The van der Waals surface area contributed by atoms with Crippen LogP contribution in [0, 0.1) is 4.91 Å². The van der Waals surface area contributed by atoms with Crippen LogP contribution in [0.2, 0.25) is 0 Å². The van der Waals surface area contributed by atoms with Gasteiger partial charge < -0.3 is 4.57 Å². The molecule has 2 heterocycles. The van der Waals surface area contributed by atoms with Crippen LogP contribution in [0.4, 0.5) is 0 Å². The molecule has 1 unspecified atom stereocenters. The molecule has 4 rings (SSSR count). The quantitative estimate of drug-likeness (QED) is 0.317. The molecule has 2 atom stereocenters. The van der Waals surface area contributed by atoms with Gasteiger partial charge in [0.25, 0.3) is 0 Å². The normalized spacial score (nSPS) is 13.2. The van der Waals surface area contributed by atoms with Crippen LogP contribution in [0.15, 0.2) is 71.4 Å². The van der Waals surface area contributed by atoms with Gasteiger partial charge in [-0.25, -0.2) is 0 Å². The van der Waals surface area contributed by atoms with E-state index in [1.54, 1.807) is 36.0 Å². The Kier molecular flexibility index (Phi) is 5.71. The second-order valence-corrected chi connectivity index (χ2v) is 8.31. The average Bonchev–Trinajstić information content (AvgIpc) is 3.43. The lowest BCUT2D eigenvalue weighted by atomic mass is 10.0. The van der Waals surface area contributed by atoms with Crippen molar-refractivity contribution < 1.29 is 0 Å². The smallest absolute Gasteiger partial charge is 0.191 e. The molecule has 0 bridgehead atoms. The van der Waals surface area contributed by atoms with Gasteiger partial charge in [0.05, 0.1) is 11.9 Å². The molecule has 30 heavy (non-hydrogen) atoms. The number of aromatic nitrogens is 6. The summed E-state index contributed by atoms with van der Waals surface area (Å²) in [6, 6.07) is 15.4. The molecule has 0 N–H and O–H groups in total. The monoisotopic (exact) mass is 419 g/mol. The number of benzene rings is 2. The maximum Gasteiger partial charge on any atom is 0.191 e. The van der Waals surface area contributed by atoms with E-state index in [1.165, 1.54) is 0 Å². The lowest BCUT2D eigenvalue weighted by Gasteiger charge is -2.12. The summed E-state index contributed by atoms with van der Waals surface area (Å²) in [5, 5.41) is 21.3. The molecule has 0 amide bonds. The van der Waals surface area contributed by atoms with Gasteiger partial charge in [0.15, 0.2) is 5.16 Å². The summed E-state index contributed by atoms with van der Waals surface area (Å²) in [5.74, 6) is 0. The number of hydrogen-bond donors (Lipinski definition) is 0. The molecular formula is C21H21N7OS. The van der Waals surface area contributed by atoms with Gasteiger partial charge >= 0.3 is 0 Å². The summed E-state index contributed by atoms with van der Waals surface area (Å²) < 4.78 is 1.90. The molecule has 8 nitrogen and oxygen atoms in total. The summed E-state index contributed by atoms with van der Waals surface area (Å²) >= 11 is 1.65. The van der Waals surface area contributed by atoms with Crippen LogP contribution < -0.4 is 0 Å². The molecule has 0 saturated heterocycles. The number of thioether (sulfide) groups is 1. The van der Waals surface area contributed by atoms with E-state index in [9.17, 15) is 4.91 Å². The number of nitrogens with zero attached hydrogens (tertiary/aromatic N) is 7. The van der Waals surface area contributed by atoms with Gasteiger partial charge in [-0.3, -0.25) is 0 Å².